The van der Waals surface area contributed by atoms with Gasteiger partial charge in [-0.05, 0) is 6.07 Å². The van der Waals surface area contributed by atoms with Crippen LogP contribution in [-0.2, 0) is 0 Å². The molecule has 0 bridgehead atoms. The fourth-order valence-electron chi connectivity index (χ4n) is 1.04. The maximum Gasteiger partial charge on any atom is 0.153 e. The second kappa shape index (κ2) is 3.80. The summed E-state index contributed by atoms with van der Waals surface area (Å²) in [5.41, 5.74) is 6.48. The van der Waals surface area contributed by atoms with Gasteiger partial charge in [-0.1, -0.05) is 0 Å². The van der Waals surface area contributed by atoms with Crippen LogP contribution in [0.5, 0.6) is 11.5 Å². The quantitative estimate of drug-likeness (QED) is 0.560. The van der Waals surface area contributed by atoms with Gasteiger partial charge in [-0.2, -0.15) is 0 Å². The number of carbonyl (C=O) groups excluding carboxylic acids is 1. The molecule has 0 spiro atoms. The monoisotopic (exact) mass is 181 g/mol. The Bertz CT molecular complexity index is 323. The Morgan fingerprint density at radius 3 is 2.31 bits per heavy atom. The summed E-state index contributed by atoms with van der Waals surface area (Å²) >= 11 is 0. The number of methoxy groups -OCH3 is 2. The van der Waals surface area contributed by atoms with Crippen molar-refractivity contribution in [3.05, 3.63) is 17.7 Å². The molecule has 0 amide bonds. The Morgan fingerprint density at radius 2 is 1.85 bits per heavy atom. The standard InChI is InChI=1S/C9H11NO3/c1-12-8-4-7(10)9(13-2)3-6(8)5-11/h3-5H,10H2,1-2H3. The van der Waals surface area contributed by atoms with Crippen LogP contribution in [0.1, 0.15) is 10.4 Å². The van der Waals surface area contributed by atoms with Gasteiger partial charge in [-0.15, -0.1) is 0 Å². The first-order valence-electron chi connectivity index (χ1n) is 3.69. The van der Waals surface area contributed by atoms with E-state index in [-0.39, 0.29) is 0 Å². The van der Waals surface area contributed by atoms with E-state index in [2.05, 4.69) is 0 Å². The summed E-state index contributed by atoms with van der Waals surface area (Å²) in [6, 6.07) is 3.10. The van der Waals surface area contributed by atoms with Crippen LogP contribution in [0, 0.1) is 0 Å². The van der Waals surface area contributed by atoms with Crippen LogP contribution in [0.2, 0.25) is 0 Å². The molecule has 0 aliphatic carbocycles. The van der Waals surface area contributed by atoms with Crippen molar-refractivity contribution in [1.82, 2.24) is 0 Å². The van der Waals surface area contributed by atoms with Crippen molar-refractivity contribution in [1.29, 1.82) is 0 Å². The van der Waals surface area contributed by atoms with E-state index in [1.807, 2.05) is 0 Å². The highest BCUT2D eigenvalue weighted by molar-refractivity contribution is 5.82. The number of nitrogen functional groups attached to an aromatic ring is 1. The molecule has 0 atom stereocenters. The SMILES string of the molecule is COc1cc(C=O)c(OC)cc1N. The van der Waals surface area contributed by atoms with E-state index in [0.29, 0.717) is 29.0 Å². The lowest BCUT2D eigenvalue weighted by Crippen LogP contribution is -1.97. The van der Waals surface area contributed by atoms with Crippen LogP contribution in [-0.4, -0.2) is 20.5 Å². The molecule has 13 heavy (non-hydrogen) atoms. The van der Waals surface area contributed by atoms with Crippen LogP contribution in [0.4, 0.5) is 5.69 Å². The van der Waals surface area contributed by atoms with Gasteiger partial charge < -0.3 is 15.2 Å². The van der Waals surface area contributed by atoms with Crippen molar-refractivity contribution in [2.75, 3.05) is 20.0 Å². The van der Waals surface area contributed by atoms with Gasteiger partial charge in [0.25, 0.3) is 0 Å². The largest absolute Gasteiger partial charge is 0.496 e. The Labute approximate surface area is 76.3 Å². The van der Waals surface area contributed by atoms with Gasteiger partial charge >= 0.3 is 0 Å². The summed E-state index contributed by atoms with van der Waals surface area (Å²) < 4.78 is 9.90. The number of carbonyl (C=O) groups is 1. The molecule has 0 saturated heterocycles. The molecule has 4 nitrogen and oxygen atoms in total. The van der Waals surface area contributed by atoms with Crippen LogP contribution in [0.15, 0.2) is 12.1 Å². The Hall–Kier alpha value is -1.71. The van der Waals surface area contributed by atoms with E-state index >= 15 is 0 Å². The first kappa shape index (κ1) is 9.38. The van der Waals surface area contributed by atoms with Crippen molar-refractivity contribution < 1.29 is 14.3 Å². The summed E-state index contributed by atoms with van der Waals surface area (Å²) in [6.45, 7) is 0. The third kappa shape index (κ3) is 1.72. The minimum Gasteiger partial charge on any atom is -0.496 e. The Balaban J connectivity index is 3.26. The lowest BCUT2D eigenvalue weighted by atomic mass is 10.2. The molecular weight excluding hydrogens is 170 g/mol. The molecule has 1 aromatic rings. The van der Waals surface area contributed by atoms with Gasteiger partial charge in [0.2, 0.25) is 0 Å². The van der Waals surface area contributed by atoms with E-state index in [0.717, 1.165) is 0 Å². The van der Waals surface area contributed by atoms with Gasteiger partial charge in [0.1, 0.15) is 11.5 Å². The molecule has 0 heterocycles. The van der Waals surface area contributed by atoms with E-state index in [1.165, 1.54) is 14.2 Å². The van der Waals surface area contributed by atoms with Crippen molar-refractivity contribution in [3.8, 4) is 11.5 Å². The summed E-state index contributed by atoms with van der Waals surface area (Å²) in [4.78, 5) is 10.6. The number of hydrogen-bond donors (Lipinski definition) is 1. The number of rotatable bonds is 3. The molecule has 0 radical (unpaired) electrons. The highest BCUT2D eigenvalue weighted by Crippen LogP contribution is 2.29. The van der Waals surface area contributed by atoms with E-state index in [4.69, 9.17) is 15.2 Å². The predicted octanol–water partition coefficient (Wildman–Crippen LogP) is 1.10. The average Bonchev–Trinajstić information content (AvgIpc) is 2.17. The summed E-state index contributed by atoms with van der Waals surface area (Å²) in [7, 11) is 2.97. The topological polar surface area (TPSA) is 61.5 Å². The molecular formula is C9H11NO3. The van der Waals surface area contributed by atoms with Crippen molar-refractivity contribution >= 4 is 12.0 Å². The van der Waals surface area contributed by atoms with E-state index < -0.39 is 0 Å². The highest BCUT2D eigenvalue weighted by atomic mass is 16.5. The molecule has 1 aromatic carbocycles. The van der Waals surface area contributed by atoms with Crippen LogP contribution >= 0.6 is 0 Å². The molecule has 0 unspecified atom stereocenters. The normalized spacial score (nSPS) is 9.38. The minimum atomic E-state index is 0.425. The molecule has 0 saturated carbocycles. The molecule has 1 rings (SSSR count). The molecule has 4 heteroatoms. The van der Waals surface area contributed by atoms with Crippen molar-refractivity contribution in [3.63, 3.8) is 0 Å². The Kier molecular flexibility index (Phi) is 2.74. The first-order chi connectivity index (χ1) is 6.22. The molecule has 2 N–H and O–H groups in total. The van der Waals surface area contributed by atoms with E-state index in [9.17, 15) is 4.79 Å². The summed E-state index contributed by atoms with van der Waals surface area (Å²) in [5, 5.41) is 0. The molecule has 70 valence electrons. The lowest BCUT2D eigenvalue weighted by molar-refractivity contribution is 0.112. The highest BCUT2D eigenvalue weighted by Gasteiger charge is 2.07. The molecule has 0 aromatic heterocycles. The lowest BCUT2D eigenvalue weighted by Gasteiger charge is -2.08. The van der Waals surface area contributed by atoms with Crippen LogP contribution in [0.25, 0.3) is 0 Å². The predicted molar refractivity (Wildman–Crippen MR) is 49.3 cm³/mol. The number of nitrogens with two attached hydrogens (primary N) is 1. The smallest absolute Gasteiger partial charge is 0.153 e. The zero-order valence-electron chi connectivity index (χ0n) is 7.53. The average molecular weight is 181 g/mol. The first-order valence-corrected chi connectivity index (χ1v) is 3.69. The van der Waals surface area contributed by atoms with Gasteiger partial charge in [0.05, 0.1) is 25.5 Å². The van der Waals surface area contributed by atoms with Crippen molar-refractivity contribution in [2.24, 2.45) is 0 Å². The number of ether oxygens (including phenoxy) is 2. The fraction of sp³-hybridized carbons (Fsp3) is 0.222. The second-order valence-electron chi connectivity index (χ2n) is 2.45. The number of anilines is 1. The third-order valence-electron chi connectivity index (χ3n) is 1.71. The van der Waals surface area contributed by atoms with Gasteiger partial charge in [0, 0.05) is 6.07 Å². The van der Waals surface area contributed by atoms with Crippen LogP contribution < -0.4 is 15.2 Å². The van der Waals surface area contributed by atoms with E-state index in [1.54, 1.807) is 12.1 Å². The molecule has 0 aliphatic heterocycles. The maximum absolute atomic E-state index is 10.6. The summed E-state index contributed by atoms with van der Waals surface area (Å²) in [5.74, 6) is 0.927. The van der Waals surface area contributed by atoms with Crippen molar-refractivity contribution in [2.45, 2.75) is 0 Å². The Morgan fingerprint density at radius 1 is 1.23 bits per heavy atom. The fourth-order valence-corrected chi connectivity index (χ4v) is 1.04. The number of benzene rings is 1. The number of hydrogen-bond acceptors (Lipinski definition) is 4. The molecule has 0 aliphatic rings. The molecule has 0 fully saturated rings. The van der Waals surface area contributed by atoms with Crippen LogP contribution in [0.3, 0.4) is 0 Å². The maximum atomic E-state index is 10.6. The number of aldehydes is 1. The third-order valence-corrected chi connectivity index (χ3v) is 1.71. The minimum absolute atomic E-state index is 0.425. The zero-order valence-corrected chi connectivity index (χ0v) is 7.53. The van der Waals surface area contributed by atoms with Gasteiger partial charge in [-0.25, -0.2) is 0 Å². The van der Waals surface area contributed by atoms with Gasteiger partial charge in [0.15, 0.2) is 6.29 Å². The second-order valence-corrected chi connectivity index (χ2v) is 2.45. The summed E-state index contributed by atoms with van der Waals surface area (Å²) in [6.07, 6.45) is 0.695. The zero-order chi connectivity index (χ0) is 9.84. The van der Waals surface area contributed by atoms with Gasteiger partial charge in [-0.3, -0.25) is 4.79 Å².